The minimum absolute atomic E-state index is 0.0429. The van der Waals surface area contributed by atoms with Crippen molar-refractivity contribution in [1.29, 1.82) is 0 Å². The molecule has 5 aromatic carbocycles. The second-order valence-electron chi connectivity index (χ2n) is 12.3. The number of carbonyl (C=O) groups is 1. The Morgan fingerprint density at radius 3 is 2.38 bits per heavy atom. The van der Waals surface area contributed by atoms with Crippen molar-refractivity contribution in [2.75, 3.05) is 13.1 Å². The van der Waals surface area contributed by atoms with Crippen molar-refractivity contribution < 1.29 is 9.90 Å². The normalized spacial score (nSPS) is 17.0. The number of rotatable bonds is 9. The van der Waals surface area contributed by atoms with Crippen molar-refractivity contribution in [3.63, 3.8) is 0 Å². The molecule has 0 saturated carbocycles. The number of nitrogens with one attached hydrogen (secondary N) is 1. The molecule has 6 aromatic rings. The van der Waals surface area contributed by atoms with E-state index in [4.69, 9.17) is 0 Å². The third-order valence-electron chi connectivity index (χ3n) is 9.43. The molecular formula is C38H38N4O3. The van der Waals surface area contributed by atoms with Crippen LogP contribution in [0.5, 0.6) is 0 Å². The first kappa shape index (κ1) is 28.9. The highest BCUT2D eigenvalue weighted by atomic mass is 16.4. The first-order valence-electron chi connectivity index (χ1n) is 15.9. The summed E-state index contributed by atoms with van der Waals surface area (Å²) in [6.45, 7) is 2.86. The van der Waals surface area contributed by atoms with E-state index in [0.29, 0.717) is 19.4 Å². The molecule has 1 unspecified atom stereocenters. The highest BCUT2D eigenvalue weighted by Crippen LogP contribution is 2.32. The summed E-state index contributed by atoms with van der Waals surface area (Å²) < 4.78 is 1.84. The standard InChI is InChI=1S/C38H38N4O3/c43-37-39-35-18-8-9-19-36(35)42(37)31-20-22-41(38(44)45)30(24-31)14-10-21-40(25-27-11-2-1-3-12-27)26-29-23-28-13-4-5-15-32(28)34-17-7-6-16-33(29)34/h1-9,11-13,15-19,23,30-31H,10,14,20-22,24-26H2,(H,39,43)(H,44,45)/t30-,31?/m0/s1. The number of nitrogens with zero attached hydrogens (tertiary/aromatic N) is 3. The Bertz CT molecular complexity index is 2010. The molecule has 2 heterocycles. The number of H-pyrrole nitrogens is 1. The predicted molar refractivity (Wildman–Crippen MR) is 181 cm³/mol. The van der Waals surface area contributed by atoms with E-state index in [-0.39, 0.29) is 17.8 Å². The number of carboxylic acid groups (broad SMARTS) is 1. The molecule has 0 radical (unpaired) electrons. The van der Waals surface area contributed by atoms with E-state index in [1.54, 1.807) is 4.90 Å². The molecule has 45 heavy (non-hydrogen) atoms. The number of likely N-dealkylation sites (tertiary alicyclic amines) is 1. The molecule has 2 atom stereocenters. The van der Waals surface area contributed by atoms with Gasteiger partial charge in [0, 0.05) is 31.7 Å². The maximum absolute atomic E-state index is 13.0. The minimum atomic E-state index is -0.881. The number of amides is 1. The van der Waals surface area contributed by atoms with Gasteiger partial charge in [0.15, 0.2) is 0 Å². The summed E-state index contributed by atoms with van der Waals surface area (Å²) in [6, 6.07) is 37.6. The van der Waals surface area contributed by atoms with E-state index >= 15 is 0 Å². The SMILES string of the molecule is O=C(O)N1CCC(n2c(=O)[nH]c3ccccc32)C[C@@H]1CCCN(Cc1ccccc1)Cc1cc2ccccc2c2ccccc12. The fourth-order valence-corrected chi connectivity index (χ4v) is 7.34. The average Bonchev–Trinajstić information content (AvgIpc) is 3.40. The maximum Gasteiger partial charge on any atom is 0.407 e. The summed E-state index contributed by atoms with van der Waals surface area (Å²) in [5.41, 5.74) is 4.12. The summed E-state index contributed by atoms with van der Waals surface area (Å²) in [6.07, 6.45) is 1.96. The van der Waals surface area contributed by atoms with Gasteiger partial charge in [-0.15, -0.1) is 0 Å². The molecule has 0 aliphatic carbocycles. The van der Waals surface area contributed by atoms with Crippen molar-refractivity contribution in [2.24, 2.45) is 0 Å². The second kappa shape index (κ2) is 12.6. The van der Waals surface area contributed by atoms with E-state index in [9.17, 15) is 14.7 Å². The maximum atomic E-state index is 13.0. The molecule has 2 N–H and O–H groups in total. The third kappa shape index (κ3) is 5.96. The Balaban J connectivity index is 1.13. The largest absolute Gasteiger partial charge is 0.465 e. The first-order valence-corrected chi connectivity index (χ1v) is 15.9. The lowest BCUT2D eigenvalue weighted by Gasteiger charge is -2.38. The van der Waals surface area contributed by atoms with E-state index in [1.165, 1.54) is 32.7 Å². The molecule has 0 spiro atoms. The van der Waals surface area contributed by atoms with Crippen LogP contribution in [0.25, 0.3) is 32.6 Å². The number of aromatic amines is 1. The van der Waals surface area contributed by atoms with E-state index in [1.807, 2.05) is 34.9 Å². The fourth-order valence-electron chi connectivity index (χ4n) is 7.34. The molecule has 1 saturated heterocycles. The number of hydrogen-bond acceptors (Lipinski definition) is 3. The molecule has 7 heteroatoms. The summed E-state index contributed by atoms with van der Waals surface area (Å²) in [5, 5.41) is 15.1. The van der Waals surface area contributed by atoms with Gasteiger partial charge in [0.2, 0.25) is 0 Å². The number of piperidine rings is 1. The van der Waals surface area contributed by atoms with Gasteiger partial charge in [-0.3, -0.25) is 9.47 Å². The predicted octanol–water partition coefficient (Wildman–Crippen LogP) is 7.80. The molecule has 1 fully saturated rings. The van der Waals surface area contributed by atoms with Crippen molar-refractivity contribution in [1.82, 2.24) is 19.4 Å². The van der Waals surface area contributed by atoms with Crippen molar-refractivity contribution in [2.45, 2.75) is 50.9 Å². The molecule has 1 aliphatic rings. The van der Waals surface area contributed by atoms with Gasteiger partial charge in [-0.1, -0.05) is 91.0 Å². The molecule has 7 rings (SSSR count). The summed E-state index contributed by atoms with van der Waals surface area (Å²) in [5.74, 6) is 0. The van der Waals surface area contributed by atoms with E-state index < -0.39 is 6.09 Å². The summed E-state index contributed by atoms with van der Waals surface area (Å²) in [4.78, 5) is 32.3. The van der Waals surface area contributed by atoms with Crippen LogP contribution in [0.3, 0.4) is 0 Å². The van der Waals surface area contributed by atoms with Gasteiger partial charge < -0.3 is 15.0 Å². The monoisotopic (exact) mass is 598 g/mol. The smallest absolute Gasteiger partial charge is 0.407 e. The van der Waals surface area contributed by atoms with Crippen LogP contribution in [0.15, 0.2) is 114 Å². The molecular weight excluding hydrogens is 560 g/mol. The highest BCUT2D eigenvalue weighted by Gasteiger charge is 2.33. The van der Waals surface area contributed by atoms with Gasteiger partial charge in [0.25, 0.3) is 0 Å². The lowest BCUT2D eigenvalue weighted by molar-refractivity contribution is 0.0853. The lowest BCUT2D eigenvalue weighted by Crippen LogP contribution is -2.47. The van der Waals surface area contributed by atoms with E-state index in [2.05, 4.69) is 88.7 Å². The number of benzene rings is 5. The van der Waals surface area contributed by atoms with Gasteiger partial charge in [0.1, 0.15) is 0 Å². The molecule has 1 amide bonds. The van der Waals surface area contributed by atoms with Crippen LogP contribution in [0.2, 0.25) is 0 Å². The van der Waals surface area contributed by atoms with Crippen molar-refractivity contribution >= 4 is 38.7 Å². The molecule has 7 nitrogen and oxygen atoms in total. The number of imidazole rings is 1. The zero-order valence-electron chi connectivity index (χ0n) is 25.3. The quantitative estimate of drug-likeness (QED) is 0.166. The molecule has 0 bridgehead atoms. The van der Waals surface area contributed by atoms with Crippen LogP contribution in [0.4, 0.5) is 4.79 Å². The topological polar surface area (TPSA) is 81.6 Å². The highest BCUT2D eigenvalue weighted by molar-refractivity contribution is 6.08. The van der Waals surface area contributed by atoms with Gasteiger partial charge in [-0.05, 0) is 83.1 Å². The molecule has 1 aliphatic heterocycles. The van der Waals surface area contributed by atoms with Crippen LogP contribution < -0.4 is 5.69 Å². The van der Waals surface area contributed by atoms with Crippen LogP contribution >= 0.6 is 0 Å². The summed E-state index contributed by atoms with van der Waals surface area (Å²) in [7, 11) is 0. The average molecular weight is 599 g/mol. The van der Waals surface area contributed by atoms with Crippen LogP contribution in [0, 0.1) is 0 Å². The van der Waals surface area contributed by atoms with Crippen molar-refractivity contribution in [3.05, 3.63) is 131 Å². The van der Waals surface area contributed by atoms with Gasteiger partial charge in [-0.2, -0.15) is 0 Å². The molecule has 228 valence electrons. The van der Waals surface area contributed by atoms with Crippen LogP contribution in [-0.4, -0.2) is 49.7 Å². The lowest BCUT2D eigenvalue weighted by atomic mass is 9.93. The van der Waals surface area contributed by atoms with Crippen LogP contribution in [-0.2, 0) is 13.1 Å². The molecule has 1 aromatic heterocycles. The Kier molecular flexibility index (Phi) is 8.09. The summed E-state index contributed by atoms with van der Waals surface area (Å²) >= 11 is 0. The Morgan fingerprint density at radius 1 is 0.844 bits per heavy atom. The number of para-hydroxylation sites is 2. The fraction of sp³-hybridized carbons (Fsp3) is 0.263. The Hall–Kier alpha value is -4.88. The Labute approximate surface area is 262 Å². The van der Waals surface area contributed by atoms with Gasteiger partial charge in [0.05, 0.1) is 11.0 Å². The minimum Gasteiger partial charge on any atom is -0.465 e. The number of aromatic nitrogens is 2. The van der Waals surface area contributed by atoms with E-state index in [0.717, 1.165) is 43.5 Å². The Morgan fingerprint density at radius 2 is 1.56 bits per heavy atom. The van der Waals surface area contributed by atoms with Crippen LogP contribution in [0.1, 0.15) is 42.9 Å². The van der Waals surface area contributed by atoms with Crippen molar-refractivity contribution in [3.8, 4) is 0 Å². The third-order valence-corrected chi connectivity index (χ3v) is 9.43. The second-order valence-corrected chi connectivity index (χ2v) is 12.3. The number of fused-ring (bicyclic) bond motifs is 4. The zero-order valence-corrected chi connectivity index (χ0v) is 25.3. The van der Waals surface area contributed by atoms with Gasteiger partial charge in [-0.25, -0.2) is 9.59 Å². The first-order chi connectivity index (χ1) is 22.0. The zero-order chi connectivity index (χ0) is 30.8. The van der Waals surface area contributed by atoms with Gasteiger partial charge >= 0.3 is 11.8 Å². The number of hydrogen-bond donors (Lipinski definition) is 2.